The van der Waals surface area contributed by atoms with E-state index in [2.05, 4.69) is 21.2 Å². The number of halogens is 1. The molecule has 1 heterocycles. The third kappa shape index (κ3) is 4.48. The molecule has 6 heteroatoms. The maximum absolute atomic E-state index is 12.1. The number of amides is 1. The van der Waals surface area contributed by atoms with Crippen molar-refractivity contribution < 1.29 is 14.7 Å². The molecule has 0 aromatic heterocycles. The van der Waals surface area contributed by atoms with E-state index in [-0.39, 0.29) is 5.91 Å². The molecule has 1 aromatic carbocycles. The van der Waals surface area contributed by atoms with E-state index >= 15 is 0 Å². The summed E-state index contributed by atoms with van der Waals surface area (Å²) in [4.78, 5) is 23.6. The molecular weight excluding hydrogens is 354 g/mol. The predicted octanol–water partition coefficient (Wildman–Crippen LogP) is 2.85. The van der Waals surface area contributed by atoms with Crippen LogP contribution in [0, 0.1) is 0 Å². The van der Waals surface area contributed by atoms with Gasteiger partial charge in [0.05, 0.1) is 0 Å². The van der Waals surface area contributed by atoms with Gasteiger partial charge in [0.2, 0.25) is 5.91 Å². The van der Waals surface area contributed by atoms with Crippen LogP contribution in [0.15, 0.2) is 28.7 Å². The van der Waals surface area contributed by atoms with Gasteiger partial charge in [-0.3, -0.25) is 4.79 Å². The van der Waals surface area contributed by atoms with Gasteiger partial charge in [-0.25, -0.2) is 4.79 Å². The fourth-order valence-corrected chi connectivity index (χ4v) is 3.80. The molecule has 1 aromatic rings. The minimum absolute atomic E-state index is 0.188. The zero-order chi connectivity index (χ0) is 15.3. The Morgan fingerprint density at radius 1 is 1.24 bits per heavy atom. The SMILES string of the molecule is O=C(CCc1ccc(Br)cc1)NC1(C(=O)O)CCSCC1. The Balaban J connectivity index is 1.90. The van der Waals surface area contributed by atoms with Crippen molar-refractivity contribution in [2.45, 2.75) is 31.2 Å². The predicted molar refractivity (Wildman–Crippen MR) is 87.5 cm³/mol. The lowest BCUT2D eigenvalue weighted by Gasteiger charge is -2.33. The van der Waals surface area contributed by atoms with Gasteiger partial charge < -0.3 is 10.4 Å². The first-order valence-electron chi connectivity index (χ1n) is 6.88. The van der Waals surface area contributed by atoms with E-state index in [4.69, 9.17) is 0 Å². The first-order valence-corrected chi connectivity index (χ1v) is 8.83. The molecule has 1 aliphatic heterocycles. The summed E-state index contributed by atoms with van der Waals surface area (Å²) in [6, 6.07) is 7.79. The second-order valence-electron chi connectivity index (χ2n) is 5.17. The van der Waals surface area contributed by atoms with E-state index in [0.717, 1.165) is 21.5 Å². The number of carbonyl (C=O) groups is 2. The Morgan fingerprint density at radius 2 is 1.86 bits per heavy atom. The number of thioether (sulfide) groups is 1. The summed E-state index contributed by atoms with van der Waals surface area (Å²) in [5.41, 5.74) is -0.000814. The number of hydrogen-bond donors (Lipinski definition) is 2. The van der Waals surface area contributed by atoms with Crippen molar-refractivity contribution in [3.63, 3.8) is 0 Å². The molecule has 0 spiro atoms. The van der Waals surface area contributed by atoms with Gasteiger partial charge in [-0.05, 0) is 48.5 Å². The van der Waals surface area contributed by atoms with Gasteiger partial charge in [0.25, 0.3) is 0 Å². The molecule has 0 atom stereocenters. The number of carbonyl (C=O) groups excluding carboxylic acids is 1. The zero-order valence-electron chi connectivity index (χ0n) is 11.6. The van der Waals surface area contributed by atoms with Crippen LogP contribution in [0.2, 0.25) is 0 Å². The van der Waals surface area contributed by atoms with Crippen molar-refractivity contribution in [3.05, 3.63) is 34.3 Å². The second-order valence-corrected chi connectivity index (χ2v) is 7.31. The standard InChI is InChI=1S/C15H18BrNO3S/c16-12-4-1-11(2-5-12)3-6-13(18)17-15(14(19)20)7-9-21-10-8-15/h1-2,4-5H,3,6-10H2,(H,17,18)(H,19,20). The lowest BCUT2D eigenvalue weighted by molar-refractivity contribution is -0.148. The van der Waals surface area contributed by atoms with Crippen LogP contribution >= 0.6 is 27.7 Å². The Morgan fingerprint density at radius 3 is 2.43 bits per heavy atom. The Labute approximate surface area is 136 Å². The van der Waals surface area contributed by atoms with Gasteiger partial charge in [0.1, 0.15) is 5.54 Å². The van der Waals surface area contributed by atoms with E-state index in [0.29, 0.717) is 25.7 Å². The smallest absolute Gasteiger partial charge is 0.329 e. The molecule has 0 aliphatic carbocycles. The number of carboxylic acid groups (broad SMARTS) is 1. The number of aliphatic carboxylic acids is 1. The third-order valence-electron chi connectivity index (χ3n) is 3.69. The van der Waals surface area contributed by atoms with Crippen molar-refractivity contribution in [1.82, 2.24) is 5.32 Å². The fraction of sp³-hybridized carbons (Fsp3) is 0.467. The van der Waals surface area contributed by atoms with Crippen LogP contribution in [-0.4, -0.2) is 34.0 Å². The van der Waals surface area contributed by atoms with Crippen LogP contribution in [0.3, 0.4) is 0 Å². The van der Waals surface area contributed by atoms with Crippen LogP contribution in [0.4, 0.5) is 0 Å². The lowest BCUT2D eigenvalue weighted by Crippen LogP contribution is -2.56. The van der Waals surface area contributed by atoms with Gasteiger partial charge in [-0.2, -0.15) is 11.8 Å². The van der Waals surface area contributed by atoms with Gasteiger partial charge in [-0.1, -0.05) is 28.1 Å². The van der Waals surface area contributed by atoms with Crippen LogP contribution < -0.4 is 5.32 Å². The highest BCUT2D eigenvalue weighted by Crippen LogP contribution is 2.27. The zero-order valence-corrected chi connectivity index (χ0v) is 14.0. The van der Waals surface area contributed by atoms with Crippen molar-refractivity contribution >= 4 is 39.6 Å². The summed E-state index contributed by atoms with van der Waals surface area (Å²) in [6.07, 6.45) is 1.92. The number of nitrogens with one attached hydrogen (secondary N) is 1. The first-order chi connectivity index (χ1) is 10.0. The second kappa shape index (κ2) is 7.31. The molecule has 2 N–H and O–H groups in total. The summed E-state index contributed by atoms with van der Waals surface area (Å²) < 4.78 is 1.00. The highest BCUT2D eigenvalue weighted by molar-refractivity contribution is 9.10. The Kier molecular flexibility index (Phi) is 5.70. The third-order valence-corrected chi connectivity index (χ3v) is 5.20. The van der Waals surface area contributed by atoms with Gasteiger partial charge in [-0.15, -0.1) is 0 Å². The molecule has 2 rings (SSSR count). The summed E-state index contributed by atoms with van der Waals surface area (Å²) in [5, 5.41) is 12.2. The van der Waals surface area contributed by atoms with Crippen LogP contribution in [0.5, 0.6) is 0 Å². The molecule has 1 fully saturated rings. The minimum atomic E-state index is -1.07. The molecule has 0 saturated carbocycles. The van der Waals surface area contributed by atoms with E-state index in [1.165, 1.54) is 0 Å². The number of rotatable bonds is 5. The van der Waals surface area contributed by atoms with Gasteiger partial charge >= 0.3 is 5.97 Å². The molecule has 0 bridgehead atoms. The molecule has 21 heavy (non-hydrogen) atoms. The number of aryl methyl sites for hydroxylation is 1. The maximum atomic E-state index is 12.1. The average molecular weight is 372 g/mol. The quantitative estimate of drug-likeness (QED) is 0.834. The largest absolute Gasteiger partial charge is 0.480 e. The van der Waals surface area contributed by atoms with E-state index < -0.39 is 11.5 Å². The summed E-state index contributed by atoms with van der Waals surface area (Å²) >= 11 is 5.10. The maximum Gasteiger partial charge on any atom is 0.329 e. The average Bonchev–Trinajstić information content (AvgIpc) is 2.47. The molecule has 0 radical (unpaired) electrons. The first kappa shape index (κ1) is 16.4. The summed E-state index contributed by atoms with van der Waals surface area (Å²) in [7, 11) is 0. The van der Waals surface area contributed by atoms with Gasteiger partial charge in [0, 0.05) is 10.9 Å². The molecule has 1 saturated heterocycles. The lowest BCUT2D eigenvalue weighted by atomic mass is 9.92. The van der Waals surface area contributed by atoms with Crippen LogP contribution in [-0.2, 0) is 16.0 Å². The minimum Gasteiger partial charge on any atom is -0.480 e. The van der Waals surface area contributed by atoms with Crippen molar-refractivity contribution in [3.8, 4) is 0 Å². The Bertz CT molecular complexity index is 512. The molecular formula is C15H18BrNO3S. The number of benzene rings is 1. The van der Waals surface area contributed by atoms with Crippen molar-refractivity contribution in [2.75, 3.05) is 11.5 Å². The summed E-state index contributed by atoms with van der Waals surface area (Å²) in [6.45, 7) is 0. The summed E-state index contributed by atoms with van der Waals surface area (Å²) in [5.74, 6) is 0.450. The topological polar surface area (TPSA) is 66.4 Å². The molecule has 4 nitrogen and oxygen atoms in total. The monoisotopic (exact) mass is 371 g/mol. The highest BCUT2D eigenvalue weighted by Gasteiger charge is 2.40. The van der Waals surface area contributed by atoms with Gasteiger partial charge in [0.15, 0.2) is 0 Å². The Hall–Kier alpha value is -1.01. The van der Waals surface area contributed by atoms with E-state index in [1.54, 1.807) is 11.8 Å². The highest BCUT2D eigenvalue weighted by atomic mass is 79.9. The van der Waals surface area contributed by atoms with Crippen LogP contribution in [0.1, 0.15) is 24.8 Å². The fourth-order valence-electron chi connectivity index (χ4n) is 2.35. The van der Waals surface area contributed by atoms with Crippen molar-refractivity contribution in [1.29, 1.82) is 0 Å². The van der Waals surface area contributed by atoms with E-state index in [9.17, 15) is 14.7 Å². The van der Waals surface area contributed by atoms with Crippen LogP contribution in [0.25, 0.3) is 0 Å². The molecule has 0 unspecified atom stereocenters. The molecule has 1 aliphatic rings. The normalized spacial score (nSPS) is 17.2. The molecule has 114 valence electrons. The van der Waals surface area contributed by atoms with E-state index in [1.807, 2.05) is 24.3 Å². The molecule has 1 amide bonds. The number of hydrogen-bond acceptors (Lipinski definition) is 3. The number of carboxylic acids is 1. The van der Waals surface area contributed by atoms with Crippen molar-refractivity contribution in [2.24, 2.45) is 0 Å².